The molecule has 1 N–H and O–H groups in total. The molecule has 0 saturated heterocycles. The lowest BCUT2D eigenvalue weighted by atomic mass is 9.97. The molecule has 0 fully saturated rings. The summed E-state index contributed by atoms with van der Waals surface area (Å²) in [5, 5.41) is 9.89. The first-order valence-electron chi connectivity index (χ1n) is 5.65. The van der Waals surface area contributed by atoms with Crippen molar-refractivity contribution in [1.29, 1.82) is 0 Å². The lowest BCUT2D eigenvalue weighted by Gasteiger charge is -2.18. The van der Waals surface area contributed by atoms with Gasteiger partial charge >= 0.3 is 5.97 Å². The molecule has 0 radical (unpaired) electrons. The first kappa shape index (κ1) is 12.1. The molecule has 0 bridgehead atoms. The summed E-state index contributed by atoms with van der Waals surface area (Å²) in [6.45, 7) is 1.34. The lowest BCUT2D eigenvalue weighted by Crippen LogP contribution is -2.12. The number of hydrogen-bond donors (Lipinski definition) is 1. The molecule has 92 valence electrons. The highest BCUT2D eigenvalue weighted by Crippen LogP contribution is 2.23. The summed E-state index contributed by atoms with van der Waals surface area (Å²) in [6.07, 6.45) is 0.0514. The molecule has 1 atom stereocenters. The summed E-state index contributed by atoms with van der Waals surface area (Å²) < 4.78 is 9.88. The van der Waals surface area contributed by atoms with Gasteiger partial charge in [0.25, 0.3) is 0 Å². The van der Waals surface area contributed by atoms with Crippen LogP contribution in [0.3, 0.4) is 0 Å². The van der Waals surface area contributed by atoms with Crippen LogP contribution in [0.15, 0.2) is 18.2 Å². The number of benzene rings is 1. The van der Waals surface area contributed by atoms with Crippen molar-refractivity contribution in [2.45, 2.75) is 25.6 Å². The average Bonchev–Trinajstić information content (AvgIpc) is 2.38. The molecule has 1 aromatic rings. The topological polar surface area (TPSA) is 55.8 Å². The first-order chi connectivity index (χ1) is 8.20. The van der Waals surface area contributed by atoms with E-state index in [0.29, 0.717) is 13.2 Å². The number of hydrogen-bond acceptors (Lipinski definition) is 4. The van der Waals surface area contributed by atoms with Gasteiger partial charge in [0.15, 0.2) is 0 Å². The highest BCUT2D eigenvalue weighted by molar-refractivity contribution is 5.70. The van der Waals surface area contributed by atoms with E-state index in [1.807, 2.05) is 18.2 Å². The van der Waals surface area contributed by atoms with Crippen molar-refractivity contribution in [1.82, 2.24) is 0 Å². The highest BCUT2D eigenvalue weighted by Gasteiger charge is 2.16. The Morgan fingerprint density at radius 2 is 2.35 bits per heavy atom. The molecule has 2 rings (SSSR count). The van der Waals surface area contributed by atoms with Crippen LogP contribution >= 0.6 is 0 Å². The molecule has 1 heterocycles. The number of aliphatic hydroxyl groups is 1. The van der Waals surface area contributed by atoms with Crippen molar-refractivity contribution in [2.24, 2.45) is 0 Å². The minimum atomic E-state index is -0.796. The first-order valence-corrected chi connectivity index (χ1v) is 5.65. The van der Waals surface area contributed by atoms with Crippen LogP contribution in [0.25, 0.3) is 0 Å². The van der Waals surface area contributed by atoms with Crippen LogP contribution in [-0.2, 0) is 27.3 Å². The van der Waals surface area contributed by atoms with Gasteiger partial charge in [-0.25, -0.2) is 0 Å². The number of carbonyl (C=O) groups is 1. The molecular formula is C13H16O4. The van der Waals surface area contributed by atoms with Gasteiger partial charge in [-0.3, -0.25) is 4.79 Å². The van der Waals surface area contributed by atoms with Crippen LogP contribution in [0.2, 0.25) is 0 Å². The zero-order chi connectivity index (χ0) is 12.3. The molecule has 0 aromatic heterocycles. The standard InChI is InChI=1S/C13H16O4/c1-16-13(15)7-12(14)10-2-3-11-8-17-5-4-9(11)6-10/h2-3,6,12,14H,4-5,7-8H2,1H3/t12-/m1/s1. The molecule has 1 aromatic carbocycles. The van der Waals surface area contributed by atoms with Crippen molar-refractivity contribution in [3.63, 3.8) is 0 Å². The van der Waals surface area contributed by atoms with Crippen molar-refractivity contribution < 1.29 is 19.4 Å². The third-order valence-electron chi connectivity index (χ3n) is 2.98. The molecule has 0 aliphatic carbocycles. The molecule has 0 spiro atoms. The van der Waals surface area contributed by atoms with Gasteiger partial charge in [0.2, 0.25) is 0 Å². The molecular weight excluding hydrogens is 220 g/mol. The minimum Gasteiger partial charge on any atom is -0.469 e. The van der Waals surface area contributed by atoms with Gasteiger partial charge < -0.3 is 14.6 Å². The largest absolute Gasteiger partial charge is 0.469 e. The van der Waals surface area contributed by atoms with Crippen molar-refractivity contribution in [2.75, 3.05) is 13.7 Å². The summed E-state index contributed by atoms with van der Waals surface area (Å²) >= 11 is 0. The van der Waals surface area contributed by atoms with E-state index < -0.39 is 12.1 Å². The van der Waals surface area contributed by atoms with E-state index in [-0.39, 0.29) is 6.42 Å². The SMILES string of the molecule is COC(=O)C[C@@H](O)c1ccc2c(c1)CCOC2. The van der Waals surface area contributed by atoms with Gasteiger partial charge in [-0.2, -0.15) is 0 Å². The second-order valence-corrected chi connectivity index (χ2v) is 4.13. The number of ether oxygens (including phenoxy) is 2. The molecule has 17 heavy (non-hydrogen) atoms. The van der Waals surface area contributed by atoms with E-state index in [1.54, 1.807) is 0 Å². The van der Waals surface area contributed by atoms with E-state index in [0.717, 1.165) is 17.5 Å². The van der Waals surface area contributed by atoms with Crippen molar-refractivity contribution in [3.8, 4) is 0 Å². The number of fused-ring (bicyclic) bond motifs is 1. The molecule has 1 aliphatic rings. The Morgan fingerprint density at radius 3 is 3.12 bits per heavy atom. The maximum atomic E-state index is 11.1. The molecule has 4 nitrogen and oxygen atoms in total. The molecule has 0 saturated carbocycles. The smallest absolute Gasteiger partial charge is 0.308 e. The predicted molar refractivity (Wildman–Crippen MR) is 61.4 cm³/mol. The fraction of sp³-hybridized carbons (Fsp3) is 0.462. The van der Waals surface area contributed by atoms with E-state index in [9.17, 15) is 9.90 Å². The number of aliphatic hydroxyl groups excluding tert-OH is 1. The maximum Gasteiger partial charge on any atom is 0.308 e. The average molecular weight is 236 g/mol. The molecule has 1 aliphatic heterocycles. The molecule has 0 unspecified atom stereocenters. The summed E-state index contributed by atoms with van der Waals surface area (Å²) in [4.78, 5) is 11.1. The van der Waals surface area contributed by atoms with E-state index in [2.05, 4.69) is 4.74 Å². The second kappa shape index (κ2) is 5.29. The zero-order valence-corrected chi connectivity index (χ0v) is 9.81. The zero-order valence-electron chi connectivity index (χ0n) is 9.81. The van der Waals surface area contributed by atoms with Gasteiger partial charge in [0, 0.05) is 0 Å². The third kappa shape index (κ3) is 2.84. The Kier molecular flexibility index (Phi) is 3.76. The van der Waals surface area contributed by atoms with Crippen LogP contribution in [0.5, 0.6) is 0 Å². The highest BCUT2D eigenvalue weighted by atomic mass is 16.5. The normalized spacial score (nSPS) is 16.1. The Bertz CT molecular complexity index is 414. The Balaban J connectivity index is 2.13. The summed E-state index contributed by atoms with van der Waals surface area (Å²) in [7, 11) is 1.32. The lowest BCUT2D eigenvalue weighted by molar-refractivity contribution is -0.142. The monoisotopic (exact) mass is 236 g/mol. The number of esters is 1. The van der Waals surface area contributed by atoms with Crippen molar-refractivity contribution >= 4 is 5.97 Å². The van der Waals surface area contributed by atoms with E-state index >= 15 is 0 Å². The Labute approximate surface area is 100 Å². The fourth-order valence-electron chi connectivity index (χ4n) is 1.95. The van der Waals surface area contributed by atoms with Crippen LogP contribution in [0.4, 0.5) is 0 Å². The number of rotatable bonds is 3. The Morgan fingerprint density at radius 1 is 1.53 bits per heavy atom. The van der Waals surface area contributed by atoms with Gasteiger partial charge in [0.1, 0.15) is 0 Å². The summed E-state index contributed by atoms with van der Waals surface area (Å²) in [6, 6.07) is 5.73. The Hall–Kier alpha value is -1.39. The predicted octanol–water partition coefficient (Wildman–Crippen LogP) is 1.36. The van der Waals surface area contributed by atoms with E-state index in [4.69, 9.17) is 4.74 Å². The molecule has 4 heteroatoms. The van der Waals surface area contributed by atoms with Crippen LogP contribution in [0.1, 0.15) is 29.2 Å². The van der Waals surface area contributed by atoms with E-state index in [1.165, 1.54) is 12.7 Å². The van der Waals surface area contributed by atoms with Crippen LogP contribution in [-0.4, -0.2) is 24.8 Å². The maximum absolute atomic E-state index is 11.1. The summed E-state index contributed by atoms with van der Waals surface area (Å²) in [5.74, 6) is -0.404. The van der Waals surface area contributed by atoms with Gasteiger partial charge in [0.05, 0.1) is 32.8 Å². The van der Waals surface area contributed by atoms with Gasteiger partial charge in [-0.15, -0.1) is 0 Å². The number of carbonyl (C=O) groups excluding carboxylic acids is 1. The van der Waals surface area contributed by atoms with Gasteiger partial charge in [-0.05, 0) is 23.1 Å². The van der Waals surface area contributed by atoms with Crippen LogP contribution < -0.4 is 0 Å². The minimum absolute atomic E-state index is 0.00815. The third-order valence-corrected chi connectivity index (χ3v) is 2.98. The quantitative estimate of drug-likeness (QED) is 0.805. The fourth-order valence-corrected chi connectivity index (χ4v) is 1.95. The van der Waals surface area contributed by atoms with Crippen LogP contribution in [0, 0.1) is 0 Å². The number of methoxy groups -OCH3 is 1. The summed E-state index contributed by atoms with van der Waals surface area (Å²) in [5.41, 5.74) is 3.11. The van der Waals surface area contributed by atoms with Crippen molar-refractivity contribution in [3.05, 3.63) is 34.9 Å². The molecule has 0 amide bonds. The second-order valence-electron chi connectivity index (χ2n) is 4.13. The van der Waals surface area contributed by atoms with Gasteiger partial charge in [-0.1, -0.05) is 18.2 Å².